The number of hydrogen-bond donors (Lipinski definition) is 0. The quantitative estimate of drug-likeness (QED) is 0.567. The van der Waals surface area contributed by atoms with E-state index in [1.54, 1.807) is 43.2 Å². The second kappa shape index (κ2) is 8.32. The lowest BCUT2D eigenvalue weighted by Gasteiger charge is -2.16. The van der Waals surface area contributed by atoms with Gasteiger partial charge >= 0.3 is 0 Å². The molecule has 0 aliphatic heterocycles. The Kier molecular flexibility index (Phi) is 5.88. The van der Waals surface area contributed by atoms with E-state index in [-0.39, 0.29) is 10.7 Å². The minimum atomic E-state index is -0.257. The van der Waals surface area contributed by atoms with Crippen LogP contribution in [-0.2, 0) is 13.2 Å². The molecule has 0 spiro atoms. The van der Waals surface area contributed by atoms with Crippen LogP contribution in [0.4, 0.5) is 4.39 Å². The molecule has 1 heterocycles. The van der Waals surface area contributed by atoms with Crippen molar-refractivity contribution in [3.05, 3.63) is 58.7 Å². The number of benzene rings is 2. The predicted octanol–water partition coefficient (Wildman–Crippen LogP) is 4.12. The normalized spacial score (nSPS) is 11.0. The molecule has 1 aromatic heterocycles. The average molecular weight is 389 g/mol. The molecule has 0 aliphatic carbocycles. The van der Waals surface area contributed by atoms with Crippen molar-refractivity contribution in [2.45, 2.75) is 13.2 Å². The number of hydrogen-bond acceptors (Lipinski definition) is 6. The molecule has 3 aromatic rings. The van der Waals surface area contributed by atoms with Crippen LogP contribution in [0.1, 0.15) is 5.56 Å². The number of methoxy groups -OCH3 is 2. The molecular formula is C19H20FN3O3S. The fourth-order valence-corrected chi connectivity index (χ4v) is 2.88. The van der Waals surface area contributed by atoms with Gasteiger partial charge in [0.05, 0.1) is 26.5 Å². The van der Waals surface area contributed by atoms with Crippen LogP contribution < -0.4 is 9.47 Å². The fourth-order valence-electron chi connectivity index (χ4n) is 2.71. The van der Waals surface area contributed by atoms with Gasteiger partial charge in [0.1, 0.15) is 17.3 Å². The topological polar surface area (TPSA) is 52.7 Å². The number of aromatic nitrogens is 2. The van der Waals surface area contributed by atoms with E-state index in [0.717, 1.165) is 5.56 Å². The maximum atomic E-state index is 13.3. The van der Waals surface area contributed by atoms with Gasteiger partial charge in [-0.25, -0.2) is 9.07 Å². The van der Waals surface area contributed by atoms with E-state index in [0.29, 0.717) is 36.2 Å². The summed E-state index contributed by atoms with van der Waals surface area (Å²) in [7, 11) is 5.05. The lowest BCUT2D eigenvalue weighted by Crippen LogP contribution is -2.22. The Bertz CT molecular complexity index is 986. The Balaban J connectivity index is 1.79. The van der Waals surface area contributed by atoms with Crippen molar-refractivity contribution < 1.29 is 18.3 Å². The van der Waals surface area contributed by atoms with Crippen LogP contribution in [-0.4, -0.2) is 35.9 Å². The van der Waals surface area contributed by atoms with Gasteiger partial charge in [-0.1, -0.05) is 12.1 Å². The monoisotopic (exact) mass is 389 g/mol. The first kappa shape index (κ1) is 19.1. The molecule has 0 radical (unpaired) electrons. The summed E-state index contributed by atoms with van der Waals surface area (Å²) in [4.78, 5) is 2.20. The van der Waals surface area contributed by atoms with Crippen LogP contribution >= 0.6 is 12.2 Å². The first-order chi connectivity index (χ1) is 13.0. The summed E-state index contributed by atoms with van der Waals surface area (Å²) in [5, 5.41) is 4.45. The highest BCUT2D eigenvalue weighted by molar-refractivity contribution is 7.71. The van der Waals surface area contributed by atoms with Crippen molar-refractivity contribution in [3.63, 3.8) is 0 Å². The molecule has 0 bridgehead atoms. The third-order valence-corrected chi connectivity index (χ3v) is 4.26. The van der Waals surface area contributed by atoms with Crippen LogP contribution in [0.3, 0.4) is 0 Å². The Morgan fingerprint density at radius 2 is 2.00 bits per heavy atom. The van der Waals surface area contributed by atoms with E-state index in [2.05, 4.69) is 5.10 Å². The molecule has 2 aromatic carbocycles. The number of rotatable bonds is 7. The highest BCUT2D eigenvalue weighted by Gasteiger charge is 2.15. The average Bonchev–Trinajstić information content (AvgIpc) is 3.01. The Morgan fingerprint density at radius 1 is 1.19 bits per heavy atom. The zero-order chi connectivity index (χ0) is 19.4. The van der Waals surface area contributed by atoms with Gasteiger partial charge in [0.15, 0.2) is 0 Å². The molecule has 142 valence electrons. The van der Waals surface area contributed by atoms with E-state index < -0.39 is 0 Å². The van der Waals surface area contributed by atoms with E-state index >= 15 is 0 Å². The van der Waals surface area contributed by atoms with Gasteiger partial charge in [-0.05, 0) is 49.1 Å². The lowest BCUT2D eigenvalue weighted by molar-refractivity contribution is 0.240. The van der Waals surface area contributed by atoms with E-state index in [1.165, 1.54) is 12.1 Å². The second-order valence-electron chi connectivity index (χ2n) is 6.02. The summed E-state index contributed by atoms with van der Waals surface area (Å²) in [6, 6.07) is 11.8. The summed E-state index contributed by atoms with van der Waals surface area (Å²) in [5.41, 5.74) is 1.54. The lowest BCUT2D eigenvalue weighted by atomic mass is 10.2. The Morgan fingerprint density at radius 3 is 2.70 bits per heavy atom. The SMILES string of the molecule is COc1ccc(-c2nn(CN(C)Cc3cccc(F)c3)c(=S)o2)c(OC)c1. The number of nitrogens with zero attached hydrogens (tertiary/aromatic N) is 3. The summed E-state index contributed by atoms with van der Waals surface area (Å²) in [6.07, 6.45) is 0. The largest absolute Gasteiger partial charge is 0.497 e. The van der Waals surface area contributed by atoms with Crippen molar-refractivity contribution >= 4 is 12.2 Å². The maximum absolute atomic E-state index is 13.3. The molecular weight excluding hydrogens is 369 g/mol. The highest BCUT2D eigenvalue weighted by atomic mass is 32.1. The van der Waals surface area contributed by atoms with Crippen molar-refractivity contribution in [1.29, 1.82) is 0 Å². The first-order valence-corrected chi connectivity index (χ1v) is 8.64. The van der Waals surface area contributed by atoms with Crippen molar-refractivity contribution in [2.75, 3.05) is 21.3 Å². The molecule has 0 saturated carbocycles. The molecule has 6 nitrogen and oxygen atoms in total. The Labute approximate surface area is 161 Å². The number of ether oxygens (including phenoxy) is 2. The standard InChI is InChI=1S/C19H20FN3O3S/c1-22(11-13-5-4-6-14(20)9-13)12-23-19(27)26-18(21-23)16-8-7-15(24-2)10-17(16)25-3/h4-10H,11-12H2,1-3H3. The third kappa shape index (κ3) is 4.53. The van der Waals surface area contributed by atoms with Gasteiger partial charge in [0.2, 0.25) is 0 Å². The van der Waals surface area contributed by atoms with Crippen LogP contribution in [0.25, 0.3) is 11.5 Å². The summed E-state index contributed by atoms with van der Waals surface area (Å²) in [6.45, 7) is 0.949. The summed E-state index contributed by atoms with van der Waals surface area (Å²) >= 11 is 5.29. The molecule has 0 fully saturated rings. The van der Waals surface area contributed by atoms with Crippen molar-refractivity contribution in [2.24, 2.45) is 0 Å². The molecule has 0 saturated heterocycles. The number of halogens is 1. The van der Waals surface area contributed by atoms with Gasteiger partial charge in [-0.3, -0.25) is 4.90 Å². The van der Waals surface area contributed by atoms with Crippen LogP contribution in [0.5, 0.6) is 11.5 Å². The van der Waals surface area contributed by atoms with Gasteiger partial charge in [-0.15, -0.1) is 5.10 Å². The first-order valence-electron chi connectivity index (χ1n) is 8.23. The van der Waals surface area contributed by atoms with Gasteiger partial charge in [0.25, 0.3) is 10.7 Å². The fraction of sp³-hybridized carbons (Fsp3) is 0.263. The van der Waals surface area contributed by atoms with Crippen molar-refractivity contribution in [3.8, 4) is 23.0 Å². The van der Waals surface area contributed by atoms with Crippen LogP contribution in [0.2, 0.25) is 0 Å². The molecule has 0 amide bonds. The minimum absolute atomic E-state index is 0.244. The Hall–Kier alpha value is -2.71. The van der Waals surface area contributed by atoms with Gasteiger partial charge in [0, 0.05) is 12.6 Å². The zero-order valence-electron chi connectivity index (χ0n) is 15.3. The third-order valence-electron chi connectivity index (χ3n) is 3.96. The highest BCUT2D eigenvalue weighted by Crippen LogP contribution is 2.32. The summed E-state index contributed by atoms with van der Waals surface area (Å²) in [5.74, 6) is 1.35. The molecule has 8 heteroatoms. The van der Waals surface area contributed by atoms with Crippen LogP contribution in [0, 0.1) is 10.7 Å². The second-order valence-corrected chi connectivity index (χ2v) is 6.37. The molecule has 0 aliphatic rings. The van der Waals surface area contributed by atoms with Gasteiger partial charge < -0.3 is 13.9 Å². The summed E-state index contributed by atoms with van der Waals surface area (Å²) < 4.78 is 31.2. The maximum Gasteiger partial charge on any atom is 0.288 e. The molecule has 3 rings (SSSR count). The van der Waals surface area contributed by atoms with Crippen molar-refractivity contribution in [1.82, 2.24) is 14.7 Å². The van der Waals surface area contributed by atoms with E-state index in [1.807, 2.05) is 18.0 Å². The zero-order valence-corrected chi connectivity index (χ0v) is 16.1. The van der Waals surface area contributed by atoms with E-state index in [4.69, 9.17) is 26.1 Å². The van der Waals surface area contributed by atoms with Gasteiger partial charge in [-0.2, -0.15) is 0 Å². The molecule has 27 heavy (non-hydrogen) atoms. The van der Waals surface area contributed by atoms with Crippen LogP contribution in [0.15, 0.2) is 46.9 Å². The molecule has 0 atom stereocenters. The molecule has 0 unspecified atom stereocenters. The van der Waals surface area contributed by atoms with E-state index in [9.17, 15) is 4.39 Å². The minimum Gasteiger partial charge on any atom is -0.497 e. The smallest absolute Gasteiger partial charge is 0.288 e. The predicted molar refractivity (Wildman–Crippen MR) is 102 cm³/mol. The molecule has 0 N–H and O–H groups in total.